The number of aromatic nitrogens is 2. The van der Waals surface area contributed by atoms with E-state index in [9.17, 15) is 0 Å². The van der Waals surface area contributed by atoms with E-state index in [0.29, 0.717) is 11.2 Å². The third-order valence-corrected chi connectivity index (χ3v) is 2.21. The monoisotopic (exact) mass is 213 g/mol. The van der Waals surface area contributed by atoms with Gasteiger partial charge >= 0.3 is 0 Å². The van der Waals surface area contributed by atoms with Gasteiger partial charge in [0.05, 0.1) is 0 Å². The standard InChI is InChI=1S/C10H16ClN3/c1-4-5-14(8(2)3)10-6-9(11)12-7-13-10/h6-8H,4-5H2,1-3H3. The van der Waals surface area contributed by atoms with Gasteiger partial charge in [-0.1, -0.05) is 18.5 Å². The number of nitrogens with zero attached hydrogens (tertiary/aromatic N) is 3. The molecule has 14 heavy (non-hydrogen) atoms. The number of rotatable bonds is 4. The van der Waals surface area contributed by atoms with Crippen molar-refractivity contribution in [3.8, 4) is 0 Å². The second kappa shape index (κ2) is 5.15. The van der Waals surface area contributed by atoms with Gasteiger partial charge in [-0.2, -0.15) is 0 Å². The second-order valence-electron chi connectivity index (χ2n) is 3.49. The molecule has 1 heterocycles. The molecule has 0 aromatic carbocycles. The fourth-order valence-corrected chi connectivity index (χ4v) is 1.50. The molecular formula is C10H16ClN3. The summed E-state index contributed by atoms with van der Waals surface area (Å²) in [7, 11) is 0. The molecule has 1 rings (SSSR count). The van der Waals surface area contributed by atoms with Gasteiger partial charge in [-0.05, 0) is 20.3 Å². The van der Waals surface area contributed by atoms with E-state index >= 15 is 0 Å². The summed E-state index contributed by atoms with van der Waals surface area (Å²) < 4.78 is 0. The largest absolute Gasteiger partial charge is 0.354 e. The first-order valence-electron chi connectivity index (χ1n) is 4.89. The van der Waals surface area contributed by atoms with Gasteiger partial charge in [-0.25, -0.2) is 9.97 Å². The lowest BCUT2D eigenvalue weighted by Gasteiger charge is -2.27. The second-order valence-corrected chi connectivity index (χ2v) is 3.87. The molecule has 0 saturated heterocycles. The van der Waals surface area contributed by atoms with E-state index < -0.39 is 0 Å². The van der Waals surface area contributed by atoms with Crippen LogP contribution in [0.1, 0.15) is 27.2 Å². The Kier molecular flexibility index (Phi) is 4.14. The molecule has 0 saturated carbocycles. The maximum absolute atomic E-state index is 5.82. The van der Waals surface area contributed by atoms with Gasteiger partial charge in [0.2, 0.25) is 0 Å². The topological polar surface area (TPSA) is 29.0 Å². The van der Waals surface area contributed by atoms with Gasteiger partial charge in [0.15, 0.2) is 0 Å². The van der Waals surface area contributed by atoms with Crippen LogP contribution in [0.5, 0.6) is 0 Å². The van der Waals surface area contributed by atoms with Crippen molar-refractivity contribution in [2.45, 2.75) is 33.2 Å². The van der Waals surface area contributed by atoms with Gasteiger partial charge < -0.3 is 4.90 Å². The van der Waals surface area contributed by atoms with Crippen LogP contribution >= 0.6 is 11.6 Å². The summed E-state index contributed by atoms with van der Waals surface area (Å²) >= 11 is 5.82. The summed E-state index contributed by atoms with van der Waals surface area (Å²) in [6.45, 7) is 7.43. The highest BCUT2D eigenvalue weighted by Crippen LogP contribution is 2.16. The molecule has 1 aromatic rings. The van der Waals surface area contributed by atoms with Crippen molar-refractivity contribution in [1.82, 2.24) is 9.97 Å². The number of halogens is 1. The Bertz CT molecular complexity index is 288. The molecule has 0 fully saturated rings. The van der Waals surface area contributed by atoms with E-state index in [4.69, 9.17) is 11.6 Å². The number of hydrogen-bond acceptors (Lipinski definition) is 3. The Labute approximate surface area is 90.1 Å². The fourth-order valence-electron chi connectivity index (χ4n) is 1.36. The molecule has 0 radical (unpaired) electrons. The summed E-state index contributed by atoms with van der Waals surface area (Å²) in [6, 6.07) is 2.23. The lowest BCUT2D eigenvalue weighted by molar-refractivity contribution is 0.661. The maximum atomic E-state index is 5.82. The van der Waals surface area contributed by atoms with E-state index in [0.717, 1.165) is 18.8 Å². The molecule has 0 N–H and O–H groups in total. The highest BCUT2D eigenvalue weighted by atomic mass is 35.5. The Morgan fingerprint density at radius 1 is 1.43 bits per heavy atom. The average Bonchev–Trinajstić information content (AvgIpc) is 2.13. The lowest BCUT2D eigenvalue weighted by Crippen LogP contribution is -2.32. The predicted octanol–water partition coefficient (Wildman–Crippen LogP) is 2.75. The molecule has 4 heteroatoms. The lowest BCUT2D eigenvalue weighted by atomic mass is 10.3. The highest BCUT2D eigenvalue weighted by Gasteiger charge is 2.10. The Morgan fingerprint density at radius 2 is 2.14 bits per heavy atom. The van der Waals surface area contributed by atoms with E-state index in [1.807, 2.05) is 0 Å². The van der Waals surface area contributed by atoms with Crippen LogP contribution in [0.3, 0.4) is 0 Å². The van der Waals surface area contributed by atoms with Crippen LogP contribution in [0, 0.1) is 0 Å². The van der Waals surface area contributed by atoms with Crippen molar-refractivity contribution in [2.75, 3.05) is 11.4 Å². The molecule has 0 bridgehead atoms. The summed E-state index contributed by atoms with van der Waals surface area (Å²) in [5.74, 6) is 0.904. The molecule has 1 aromatic heterocycles. The van der Waals surface area contributed by atoms with E-state index in [-0.39, 0.29) is 0 Å². The minimum atomic E-state index is 0.431. The average molecular weight is 214 g/mol. The zero-order valence-corrected chi connectivity index (χ0v) is 9.62. The van der Waals surface area contributed by atoms with E-state index in [1.165, 1.54) is 6.33 Å². The molecule has 0 aliphatic rings. The SMILES string of the molecule is CCCN(c1cc(Cl)ncn1)C(C)C. The molecule has 0 amide bonds. The maximum Gasteiger partial charge on any atom is 0.134 e. The summed E-state index contributed by atoms with van der Waals surface area (Å²) in [6.07, 6.45) is 2.60. The molecule has 78 valence electrons. The van der Waals surface area contributed by atoms with E-state index in [2.05, 4.69) is 35.6 Å². The summed E-state index contributed by atoms with van der Waals surface area (Å²) in [5, 5.41) is 0.497. The number of hydrogen-bond donors (Lipinski definition) is 0. The van der Waals surface area contributed by atoms with Gasteiger partial charge in [-0.3, -0.25) is 0 Å². The minimum absolute atomic E-state index is 0.431. The number of anilines is 1. The van der Waals surface area contributed by atoms with Crippen molar-refractivity contribution >= 4 is 17.4 Å². The molecular weight excluding hydrogens is 198 g/mol. The Hall–Kier alpha value is -0.830. The quantitative estimate of drug-likeness (QED) is 0.721. The zero-order valence-electron chi connectivity index (χ0n) is 8.87. The molecule has 0 aliphatic carbocycles. The summed E-state index contributed by atoms with van der Waals surface area (Å²) in [5.41, 5.74) is 0. The predicted molar refractivity (Wildman–Crippen MR) is 59.8 cm³/mol. The van der Waals surface area contributed by atoms with Crippen LogP contribution in [0.2, 0.25) is 5.15 Å². The van der Waals surface area contributed by atoms with Crippen molar-refractivity contribution in [2.24, 2.45) is 0 Å². The Morgan fingerprint density at radius 3 is 2.64 bits per heavy atom. The fraction of sp³-hybridized carbons (Fsp3) is 0.600. The minimum Gasteiger partial charge on any atom is -0.354 e. The third kappa shape index (κ3) is 2.84. The first-order chi connectivity index (χ1) is 6.65. The molecule has 0 spiro atoms. The van der Waals surface area contributed by atoms with E-state index in [1.54, 1.807) is 6.07 Å². The highest BCUT2D eigenvalue weighted by molar-refractivity contribution is 6.29. The zero-order chi connectivity index (χ0) is 10.6. The smallest absolute Gasteiger partial charge is 0.134 e. The first kappa shape index (κ1) is 11.2. The van der Waals surface area contributed by atoms with Gasteiger partial charge in [0.25, 0.3) is 0 Å². The van der Waals surface area contributed by atoms with Crippen LogP contribution in [0.25, 0.3) is 0 Å². The van der Waals surface area contributed by atoms with Crippen molar-refractivity contribution in [3.05, 3.63) is 17.5 Å². The molecule has 3 nitrogen and oxygen atoms in total. The van der Waals surface area contributed by atoms with Crippen LogP contribution < -0.4 is 4.90 Å². The van der Waals surface area contributed by atoms with Crippen LogP contribution in [-0.4, -0.2) is 22.6 Å². The third-order valence-electron chi connectivity index (χ3n) is 2.00. The summed E-state index contributed by atoms with van der Waals surface area (Å²) in [4.78, 5) is 10.3. The molecule has 0 unspecified atom stereocenters. The van der Waals surface area contributed by atoms with Crippen LogP contribution in [-0.2, 0) is 0 Å². The first-order valence-corrected chi connectivity index (χ1v) is 5.27. The van der Waals surface area contributed by atoms with Gasteiger partial charge in [0, 0.05) is 18.7 Å². The normalized spacial score (nSPS) is 10.6. The van der Waals surface area contributed by atoms with Crippen LogP contribution in [0.15, 0.2) is 12.4 Å². The Balaban J connectivity index is 2.87. The van der Waals surface area contributed by atoms with Crippen molar-refractivity contribution in [1.29, 1.82) is 0 Å². The van der Waals surface area contributed by atoms with Gasteiger partial charge in [0.1, 0.15) is 17.3 Å². The van der Waals surface area contributed by atoms with Crippen molar-refractivity contribution in [3.63, 3.8) is 0 Å². The molecule has 0 atom stereocenters. The van der Waals surface area contributed by atoms with Crippen LogP contribution in [0.4, 0.5) is 5.82 Å². The van der Waals surface area contributed by atoms with Gasteiger partial charge in [-0.15, -0.1) is 0 Å². The molecule has 0 aliphatic heterocycles. The van der Waals surface area contributed by atoms with Crippen molar-refractivity contribution < 1.29 is 0 Å².